The molecule has 0 saturated carbocycles. The van der Waals surface area contributed by atoms with Crippen LogP contribution in [0.4, 0.5) is 0 Å². The number of aromatic nitrogens is 2. The van der Waals surface area contributed by atoms with Gasteiger partial charge in [-0.15, -0.1) is 0 Å². The van der Waals surface area contributed by atoms with E-state index in [1.807, 2.05) is 0 Å². The molecule has 0 spiro atoms. The number of rotatable bonds is 3. The summed E-state index contributed by atoms with van der Waals surface area (Å²) >= 11 is 0. The van der Waals surface area contributed by atoms with Crippen molar-refractivity contribution in [3.8, 4) is 5.75 Å². The molecule has 23 heavy (non-hydrogen) atoms. The summed E-state index contributed by atoms with van der Waals surface area (Å²) in [5.74, 6) is 3.09. The molecule has 1 fully saturated rings. The summed E-state index contributed by atoms with van der Waals surface area (Å²) in [5, 5.41) is 4.00. The summed E-state index contributed by atoms with van der Waals surface area (Å²) in [6.07, 6.45) is 5.95. The predicted octanol–water partition coefficient (Wildman–Crippen LogP) is 2.89. The fraction of sp³-hybridized carbons (Fsp3) is 0.556. The van der Waals surface area contributed by atoms with Crippen LogP contribution in [0.15, 0.2) is 35.2 Å². The zero-order valence-electron chi connectivity index (χ0n) is 13.4. The number of piperidine rings is 1. The molecule has 1 aromatic carbocycles. The molecule has 2 aromatic rings. The van der Waals surface area contributed by atoms with Gasteiger partial charge in [0.2, 0.25) is 6.39 Å². The van der Waals surface area contributed by atoms with Crippen molar-refractivity contribution >= 4 is 0 Å². The molecule has 5 nitrogen and oxygen atoms in total. The van der Waals surface area contributed by atoms with Crippen LogP contribution in [-0.2, 0) is 6.42 Å². The molecule has 1 saturated heterocycles. The predicted molar refractivity (Wildman–Crippen MR) is 86.5 cm³/mol. The monoisotopic (exact) mass is 313 g/mol. The van der Waals surface area contributed by atoms with Gasteiger partial charge in [0.1, 0.15) is 5.75 Å². The molecule has 2 aliphatic rings. The van der Waals surface area contributed by atoms with Crippen LogP contribution >= 0.6 is 0 Å². The quantitative estimate of drug-likeness (QED) is 0.872. The number of benzene rings is 1. The van der Waals surface area contributed by atoms with E-state index in [0.29, 0.717) is 11.8 Å². The molecule has 5 heteroatoms. The van der Waals surface area contributed by atoms with E-state index in [1.54, 1.807) is 0 Å². The Kier molecular flexibility index (Phi) is 4.28. The van der Waals surface area contributed by atoms with Gasteiger partial charge in [0.25, 0.3) is 0 Å². The third-order valence-corrected chi connectivity index (χ3v) is 5.11. The minimum Gasteiger partial charge on any atom is -0.493 e. The first kappa shape index (κ1) is 14.7. The van der Waals surface area contributed by atoms with Crippen molar-refractivity contribution in [2.45, 2.75) is 31.6 Å². The van der Waals surface area contributed by atoms with Crippen LogP contribution in [0, 0.1) is 5.92 Å². The van der Waals surface area contributed by atoms with Crippen molar-refractivity contribution in [1.82, 2.24) is 15.0 Å². The van der Waals surface area contributed by atoms with Crippen molar-refractivity contribution in [1.29, 1.82) is 0 Å². The van der Waals surface area contributed by atoms with E-state index >= 15 is 0 Å². The van der Waals surface area contributed by atoms with Gasteiger partial charge in [-0.05, 0) is 56.3 Å². The third-order valence-electron chi connectivity index (χ3n) is 5.11. The smallest absolute Gasteiger partial charge is 0.213 e. The maximum Gasteiger partial charge on any atom is 0.213 e. The molecule has 0 bridgehead atoms. The molecule has 4 rings (SSSR count). The van der Waals surface area contributed by atoms with E-state index in [-0.39, 0.29) is 0 Å². The minimum atomic E-state index is 0.461. The Balaban J connectivity index is 1.33. The Morgan fingerprint density at radius 1 is 1.13 bits per heavy atom. The second-order valence-electron chi connectivity index (χ2n) is 6.68. The maximum atomic E-state index is 5.89. The van der Waals surface area contributed by atoms with Gasteiger partial charge in [0.15, 0.2) is 5.82 Å². The van der Waals surface area contributed by atoms with Gasteiger partial charge < -0.3 is 14.2 Å². The van der Waals surface area contributed by atoms with Crippen molar-refractivity contribution in [2.24, 2.45) is 5.92 Å². The largest absolute Gasteiger partial charge is 0.493 e. The van der Waals surface area contributed by atoms with Gasteiger partial charge in [0, 0.05) is 12.5 Å². The first-order valence-electron chi connectivity index (χ1n) is 8.58. The summed E-state index contributed by atoms with van der Waals surface area (Å²) in [6, 6.07) is 8.47. The molecule has 1 aromatic heterocycles. The van der Waals surface area contributed by atoms with Crippen LogP contribution in [0.5, 0.6) is 5.75 Å². The van der Waals surface area contributed by atoms with Crippen molar-refractivity contribution < 1.29 is 9.26 Å². The lowest BCUT2D eigenvalue weighted by Crippen LogP contribution is -2.37. The second-order valence-corrected chi connectivity index (χ2v) is 6.68. The van der Waals surface area contributed by atoms with Crippen molar-refractivity contribution in [2.75, 3.05) is 26.2 Å². The summed E-state index contributed by atoms with van der Waals surface area (Å²) in [6.45, 7) is 4.24. The number of likely N-dealkylation sites (tertiary alicyclic amines) is 1. The fourth-order valence-corrected chi connectivity index (χ4v) is 3.82. The molecule has 0 N–H and O–H groups in total. The first-order valence-corrected chi connectivity index (χ1v) is 8.58. The number of nitrogens with zero attached hydrogens (tertiary/aromatic N) is 3. The molecule has 0 amide bonds. The topological polar surface area (TPSA) is 51.4 Å². The average Bonchev–Trinajstić information content (AvgIpc) is 3.04. The fourth-order valence-electron chi connectivity index (χ4n) is 3.82. The summed E-state index contributed by atoms with van der Waals surface area (Å²) in [7, 11) is 0. The molecule has 0 aliphatic carbocycles. The number of fused-ring (bicyclic) bond motifs is 1. The zero-order valence-corrected chi connectivity index (χ0v) is 13.4. The maximum absolute atomic E-state index is 5.89. The lowest BCUT2D eigenvalue weighted by Gasteiger charge is -2.33. The summed E-state index contributed by atoms with van der Waals surface area (Å²) in [4.78, 5) is 6.80. The minimum absolute atomic E-state index is 0.461. The van der Waals surface area contributed by atoms with Crippen LogP contribution in [0.1, 0.15) is 36.6 Å². The van der Waals surface area contributed by atoms with E-state index < -0.39 is 0 Å². The van der Waals surface area contributed by atoms with Gasteiger partial charge in [-0.25, -0.2) is 0 Å². The standard InChI is InChI=1S/C18H23N3O2/c1-2-4-17-16(3-1)11-14(7-10-22-17)12-21-8-5-15(6-9-21)18-19-13-23-20-18/h1-4,13-15H,5-12H2/t14-/m1/s1. The Morgan fingerprint density at radius 3 is 2.83 bits per heavy atom. The van der Waals surface area contributed by atoms with Gasteiger partial charge in [0.05, 0.1) is 6.61 Å². The van der Waals surface area contributed by atoms with Crippen LogP contribution in [-0.4, -0.2) is 41.3 Å². The van der Waals surface area contributed by atoms with Crippen molar-refractivity contribution in [3.63, 3.8) is 0 Å². The van der Waals surface area contributed by atoms with Crippen LogP contribution in [0.25, 0.3) is 0 Å². The number of para-hydroxylation sites is 1. The number of ether oxygens (including phenoxy) is 1. The van der Waals surface area contributed by atoms with E-state index in [0.717, 1.165) is 63.5 Å². The lowest BCUT2D eigenvalue weighted by atomic mass is 9.92. The molecule has 0 unspecified atom stereocenters. The Labute approximate surface area is 136 Å². The molecule has 0 radical (unpaired) electrons. The highest BCUT2D eigenvalue weighted by molar-refractivity contribution is 5.34. The highest BCUT2D eigenvalue weighted by Crippen LogP contribution is 2.29. The van der Waals surface area contributed by atoms with Gasteiger partial charge >= 0.3 is 0 Å². The normalized spacial score (nSPS) is 23.0. The Bertz CT molecular complexity index is 621. The third kappa shape index (κ3) is 3.39. The summed E-state index contributed by atoms with van der Waals surface area (Å²) in [5.41, 5.74) is 1.36. The molecule has 2 aliphatic heterocycles. The molecule has 3 heterocycles. The van der Waals surface area contributed by atoms with Crippen LogP contribution in [0.2, 0.25) is 0 Å². The number of hydrogen-bond acceptors (Lipinski definition) is 5. The average molecular weight is 313 g/mol. The van der Waals surface area contributed by atoms with E-state index in [9.17, 15) is 0 Å². The Morgan fingerprint density at radius 2 is 2.00 bits per heavy atom. The highest BCUT2D eigenvalue weighted by atomic mass is 16.5. The second kappa shape index (κ2) is 6.71. The van der Waals surface area contributed by atoms with Crippen molar-refractivity contribution in [3.05, 3.63) is 42.0 Å². The number of hydrogen-bond donors (Lipinski definition) is 0. The zero-order chi connectivity index (χ0) is 15.5. The highest BCUT2D eigenvalue weighted by Gasteiger charge is 2.26. The van der Waals surface area contributed by atoms with E-state index in [2.05, 4.69) is 39.3 Å². The molecular weight excluding hydrogens is 290 g/mol. The molecule has 1 atom stereocenters. The Hall–Kier alpha value is -1.88. The van der Waals surface area contributed by atoms with Gasteiger partial charge in [-0.1, -0.05) is 23.4 Å². The van der Waals surface area contributed by atoms with Gasteiger partial charge in [-0.2, -0.15) is 4.98 Å². The van der Waals surface area contributed by atoms with E-state index in [4.69, 9.17) is 9.26 Å². The van der Waals surface area contributed by atoms with Gasteiger partial charge in [-0.3, -0.25) is 0 Å². The molecule has 122 valence electrons. The van der Waals surface area contributed by atoms with Crippen LogP contribution < -0.4 is 4.74 Å². The first-order chi connectivity index (χ1) is 11.4. The van der Waals surface area contributed by atoms with E-state index in [1.165, 1.54) is 12.0 Å². The summed E-state index contributed by atoms with van der Waals surface area (Å²) < 4.78 is 10.8. The van der Waals surface area contributed by atoms with Crippen LogP contribution in [0.3, 0.4) is 0 Å². The molecular formula is C18H23N3O2. The lowest BCUT2D eigenvalue weighted by molar-refractivity contribution is 0.169. The SMILES string of the molecule is c1ccc2c(c1)C[C@H](CN1CCC(c3ncon3)CC1)CCO2.